The van der Waals surface area contributed by atoms with Crippen LogP contribution in [-0.4, -0.2) is 79.0 Å². The third-order valence-corrected chi connectivity index (χ3v) is 5.03. The van der Waals surface area contributed by atoms with Gasteiger partial charge in [-0.2, -0.15) is 0 Å². The molecule has 0 aromatic carbocycles. The smallest absolute Gasteiger partial charge is 0.224 e. The van der Waals surface area contributed by atoms with Crippen molar-refractivity contribution in [2.45, 2.75) is 51.1 Å². The molecule has 2 aliphatic heterocycles. The largest absolute Gasteiger partial charge is 0.343 e. The maximum atomic E-state index is 12.4. The molecule has 122 valence electrons. The summed E-state index contributed by atoms with van der Waals surface area (Å²) < 4.78 is 0. The summed E-state index contributed by atoms with van der Waals surface area (Å²) in [6, 6.07) is 0.729. The first kappa shape index (κ1) is 16.7. The second-order valence-corrected chi connectivity index (χ2v) is 6.60. The molecular weight excluding hydrogens is 264 g/mol. The summed E-state index contributed by atoms with van der Waals surface area (Å²) in [5, 5.41) is 0. The molecule has 2 aliphatic rings. The lowest BCUT2D eigenvalue weighted by atomic mass is 10.1. The number of amides is 1. The summed E-state index contributed by atoms with van der Waals surface area (Å²) >= 11 is 0. The average Bonchev–Trinajstić information content (AvgIpc) is 2.95. The molecule has 1 amide bonds. The van der Waals surface area contributed by atoms with E-state index >= 15 is 0 Å². The van der Waals surface area contributed by atoms with Crippen molar-refractivity contribution in [3.8, 4) is 0 Å². The van der Waals surface area contributed by atoms with Gasteiger partial charge in [0.1, 0.15) is 0 Å². The molecule has 21 heavy (non-hydrogen) atoms. The van der Waals surface area contributed by atoms with Gasteiger partial charge in [-0.05, 0) is 39.3 Å². The Bertz CT molecular complexity index is 330. The summed E-state index contributed by atoms with van der Waals surface area (Å²) in [6.07, 6.45) is 5.20. The zero-order valence-electron chi connectivity index (χ0n) is 13.8. The quantitative estimate of drug-likeness (QED) is 0.813. The summed E-state index contributed by atoms with van der Waals surface area (Å²) in [5.41, 5.74) is 6.03. The van der Waals surface area contributed by atoms with E-state index in [1.165, 1.54) is 6.42 Å². The van der Waals surface area contributed by atoms with E-state index in [4.69, 9.17) is 5.73 Å². The molecule has 0 aromatic rings. The van der Waals surface area contributed by atoms with Crippen LogP contribution in [-0.2, 0) is 4.79 Å². The summed E-state index contributed by atoms with van der Waals surface area (Å²) in [4.78, 5) is 19.4. The van der Waals surface area contributed by atoms with Crippen LogP contribution in [0.2, 0.25) is 0 Å². The zero-order chi connectivity index (χ0) is 15.2. The zero-order valence-corrected chi connectivity index (χ0v) is 13.8. The maximum Gasteiger partial charge on any atom is 0.224 e. The Labute approximate surface area is 129 Å². The van der Waals surface area contributed by atoms with Gasteiger partial charge in [0.05, 0.1) is 0 Å². The van der Waals surface area contributed by atoms with Crippen LogP contribution in [0.25, 0.3) is 0 Å². The SMILES string of the molecule is CCC1CN(C)CCCN1C(CN)CC(=O)N1CCCC1. The summed E-state index contributed by atoms with van der Waals surface area (Å²) in [6.45, 7) is 8.01. The van der Waals surface area contributed by atoms with Gasteiger partial charge < -0.3 is 15.5 Å². The second-order valence-electron chi connectivity index (χ2n) is 6.60. The van der Waals surface area contributed by atoms with E-state index in [1.807, 2.05) is 4.90 Å². The number of nitrogens with zero attached hydrogens (tertiary/aromatic N) is 3. The molecule has 0 aliphatic carbocycles. The third-order valence-electron chi connectivity index (χ3n) is 5.03. The van der Waals surface area contributed by atoms with Gasteiger partial charge >= 0.3 is 0 Å². The van der Waals surface area contributed by atoms with Crippen molar-refractivity contribution in [1.29, 1.82) is 0 Å². The van der Waals surface area contributed by atoms with Crippen molar-refractivity contribution in [1.82, 2.24) is 14.7 Å². The number of nitrogens with two attached hydrogens (primary N) is 1. The number of carbonyl (C=O) groups is 1. The molecule has 2 atom stereocenters. The number of likely N-dealkylation sites (tertiary alicyclic amines) is 1. The molecule has 2 N–H and O–H groups in total. The second kappa shape index (κ2) is 8.11. The molecule has 2 saturated heterocycles. The Morgan fingerprint density at radius 3 is 2.52 bits per heavy atom. The molecule has 2 fully saturated rings. The van der Waals surface area contributed by atoms with E-state index in [2.05, 4.69) is 23.8 Å². The van der Waals surface area contributed by atoms with Gasteiger partial charge in [0.2, 0.25) is 5.91 Å². The fourth-order valence-corrected chi connectivity index (χ4v) is 3.74. The highest BCUT2D eigenvalue weighted by molar-refractivity contribution is 5.77. The highest BCUT2D eigenvalue weighted by Crippen LogP contribution is 2.19. The standard InChI is InChI=1S/C16H32N4O/c1-3-14-13-18(2)7-6-10-20(14)15(12-17)11-16(21)19-8-4-5-9-19/h14-15H,3-13,17H2,1-2H3. The minimum atomic E-state index is 0.203. The molecule has 0 spiro atoms. The molecule has 0 saturated carbocycles. The van der Waals surface area contributed by atoms with Crippen molar-refractivity contribution in [2.24, 2.45) is 5.73 Å². The van der Waals surface area contributed by atoms with E-state index in [1.54, 1.807) is 0 Å². The van der Waals surface area contributed by atoms with Crippen LogP contribution in [0.1, 0.15) is 39.0 Å². The van der Waals surface area contributed by atoms with Crippen LogP contribution < -0.4 is 5.73 Å². The molecule has 5 heteroatoms. The lowest BCUT2D eigenvalue weighted by Crippen LogP contribution is -2.50. The Balaban J connectivity index is 1.98. The molecular formula is C16H32N4O. The van der Waals surface area contributed by atoms with Crippen LogP contribution in [0, 0.1) is 0 Å². The predicted molar refractivity (Wildman–Crippen MR) is 86.2 cm³/mol. The maximum absolute atomic E-state index is 12.4. The Morgan fingerprint density at radius 1 is 1.19 bits per heavy atom. The van der Waals surface area contributed by atoms with Crippen LogP contribution in [0.4, 0.5) is 0 Å². The molecule has 0 aromatic heterocycles. The average molecular weight is 296 g/mol. The van der Waals surface area contributed by atoms with Gasteiger partial charge in [0.15, 0.2) is 0 Å². The van der Waals surface area contributed by atoms with Crippen molar-refractivity contribution >= 4 is 5.91 Å². The molecule has 2 rings (SSSR count). The van der Waals surface area contributed by atoms with Gasteiger partial charge in [-0.25, -0.2) is 0 Å². The number of likely N-dealkylation sites (N-methyl/N-ethyl adjacent to an activating group) is 1. The number of hydrogen-bond donors (Lipinski definition) is 1. The predicted octanol–water partition coefficient (Wildman–Crippen LogP) is 0.742. The molecule has 2 unspecified atom stereocenters. The fourth-order valence-electron chi connectivity index (χ4n) is 3.74. The Morgan fingerprint density at radius 2 is 1.90 bits per heavy atom. The fraction of sp³-hybridized carbons (Fsp3) is 0.938. The first-order valence-electron chi connectivity index (χ1n) is 8.57. The lowest BCUT2D eigenvalue weighted by Gasteiger charge is -2.37. The van der Waals surface area contributed by atoms with Crippen molar-refractivity contribution in [2.75, 3.05) is 46.3 Å². The molecule has 2 heterocycles. The highest BCUT2D eigenvalue weighted by Gasteiger charge is 2.30. The Kier molecular flexibility index (Phi) is 6.45. The third kappa shape index (κ3) is 4.41. The van der Waals surface area contributed by atoms with Crippen LogP contribution in [0.5, 0.6) is 0 Å². The minimum Gasteiger partial charge on any atom is -0.343 e. The van der Waals surface area contributed by atoms with Gasteiger partial charge in [-0.3, -0.25) is 9.69 Å². The number of hydrogen-bond acceptors (Lipinski definition) is 4. The van der Waals surface area contributed by atoms with Crippen LogP contribution in [0.3, 0.4) is 0 Å². The summed E-state index contributed by atoms with van der Waals surface area (Å²) in [5.74, 6) is 0.301. The number of rotatable bonds is 5. The minimum absolute atomic E-state index is 0.203. The monoisotopic (exact) mass is 296 g/mol. The lowest BCUT2D eigenvalue weighted by molar-refractivity contribution is -0.131. The number of carbonyl (C=O) groups excluding carboxylic acids is 1. The first-order chi connectivity index (χ1) is 10.2. The topological polar surface area (TPSA) is 52.8 Å². The summed E-state index contributed by atoms with van der Waals surface area (Å²) in [7, 11) is 2.19. The van der Waals surface area contributed by atoms with Gasteiger partial charge in [-0.1, -0.05) is 6.92 Å². The van der Waals surface area contributed by atoms with Crippen molar-refractivity contribution in [3.63, 3.8) is 0 Å². The van der Waals surface area contributed by atoms with E-state index in [9.17, 15) is 4.79 Å². The van der Waals surface area contributed by atoms with Gasteiger partial charge in [0.25, 0.3) is 0 Å². The van der Waals surface area contributed by atoms with E-state index in [0.29, 0.717) is 24.9 Å². The van der Waals surface area contributed by atoms with Crippen LogP contribution >= 0.6 is 0 Å². The van der Waals surface area contributed by atoms with Gasteiger partial charge in [0, 0.05) is 51.2 Å². The van der Waals surface area contributed by atoms with E-state index in [0.717, 1.165) is 52.0 Å². The van der Waals surface area contributed by atoms with E-state index in [-0.39, 0.29) is 6.04 Å². The Hall–Kier alpha value is -0.650. The highest BCUT2D eigenvalue weighted by atomic mass is 16.2. The van der Waals surface area contributed by atoms with Crippen molar-refractivity contribution < 1.29 is 4.79 Å². The molecule has 5 nitrogen and oxygen atoms in total. The molecule has 0 bridgehead atoms. The van der Waals surface area contributed by atoms with E-state index < -0.39 is 0 Å². The molecule has 0 radical (unpaired) electrons. The van der Waals surface area contributed by atoms with Crippen molar-refractivity contribution in [3.05, 3.63) is 0 Å². The first-order valence-corrected chi connectivity index (χ1v) is 8.57. The normalized spacial score (nSPS) is 26.8. The van der Waals surface area contributed by atoms with Gasteiger partial charge in [-0.15, -0.1) is 0 Å². The van der Waals surface area contributed by atoms with Crippen LogP contribution in [0.15, 0.2) is 0 Å².